The summed E-state index contributed by atoms with van der Waals surface area (Å²) in [5.41, 5.74) is 1.63. The van der Waals surface area contributed by atoms with E-state index in [0.717, 1.165) is 19.6 Å². The molecule has 2 aliphatic rings. The summed E-state index contributed by atoms with van der Waals surface area (Å²) in [6.45, 7) is 2.74. The van der Waals surface area contributed by atoms with Gasteiger partial charge in [-0.05, 0) is 23.6 Å². The third kappa shape index (κ3) is 2.18. The molecule has 0 unspecified atom stereocenters. The molecule has 0 saturated carbocycles. The van der Waals surface area contributed by atoms with Gasteiger partial charge in [0.25, 0.3) is 5.91 Å². The van der Waals surface area contributed by atoms with Crippen LogP contribution >= 0.6 is 0 Å². The first-order valence-corrected chi connectivity index (χ1v) is 7.69. The molecule has 112 valence electrons. The maximum absolute atomic E-state index is 12.9. The van der Waals surface area contributed by atoms with Gasteiger partial charge in [-0.2, -0.15) is 5.10 Å². The van der Waals surface area contributed by atoms with E-state index in [9.17, 15) is 4.79 Å². The molecular formula is C17H18N4O. The molecule has 1 amide bonds. The molecule has 1 N–H and O–H groups in total. The number of benzene rings is 1. The number of likely N-dealkylation sites (tertiary alicyclic amines) is 1. The topological polar surface area (TPSA) is 58.1 Å². The Morgan fingerprint density at radius 2 is 2.00 bits per heavy atom. The number of carbonyl (C=O) groups is 1. The van der Waals surface area contributed by atoms with E-state index in [1.807, 2.05) is 23.1 Å². The fourth-order valence-electron chi connectivity index (χ4n) is 3.77. The normalized spacial score (nSPS) is 26.9. The van der Waals surface area contributed by atoms with Crippen molar-refractivity contribution in [2.45, 2.75) is 6.04 Å². The van der Waals surface area contributed by atoms with E-state index in [-0.39, 0.29) is 11.9 Å². The van der Waals surface area contributed by atoms with E-state index in [2.05, 4.69) is 27.6 Å². The molecule has 5 nitrogen and oxygen atoms in total. The van der Waals surface area contributed by atoms with E-state index in [1.165, 1.54) is 5.56 Å². The maximum atomic E-state index is 12.9. The van der Waals surface area contributed by atoms with E-state index in [4.69, 9.17) is 0 Å². The van der Waals surface area contributed by atoms with Crippen LogP contribution in [0, 0.1) is 11.8 Å². The molecule has 4 rings (SSSR count). The molecule has 0 aliphatic carbocycles. The Morgan fingerprint density at radius 3 is 2.77 bits per heavy atom. The first kappa shape index (κ1) is 13.4. The van der Waals surface area contributed by atoms with Gasteiger partial charge in [0, 0.05) is 31.7 Å². The predicted octanol–water partition coefficient (Wildman–Crippen LogP) is 1.51. The predicted molar refractivity (Wildman–Crippen MR) is 82.1 cm³/mol. The standard InChI is InChI=1S/C17H18N4O/c22-17(15-7-4-8-19-20-15)21-11-13-9-18-10-14(13)16(21)12-5-2-1-3-6-12/h1-8,13-14,16,18H,9-11H2/t13-,14-,16+/m0/s1. The quantitative estimate of drug-likeness (QED) is 0.912. The van der Waals surface area contributed by atoms with Crippen molar-refractivity contribution in [3.8, 4) is 0 Å². The third-order valence-corrected chi connectivity index (χ3v) is 4.76. The minimum atomic E-state index is -0.0173. The molecule has 1 aromatic carbocycles. The van der Waals surface area contributed by atoms with Gasteiger partial charge in [0.2, 0.25) is 0 Å². The van der Waals surface area contributed by atoms with Crippen LogP contribution in [0.15, 0.2) is 48.7 Å². The second kappa shape index (κ2) is 5.50. The first-order chi connectivity index (χ1) is 10.8. The number of fused-ring (bicyclic) bond motifs is 1. The summed E-state index contributed by atoms with van der Waals surface area (Å²) in [6.07, 6.45) is 1.59. The summed E-state index contributed by atoms with van der Waals surface area (Å²) in [7, 11) is 0. The molecule has 22 heavy (non-hydrogen) atoms. The second-order valence-corrected chi connectivity index (χ2v) is 6.00. The summed E-state index contributed by atoms with van der Waals surface area (Å²) < 4.78 is 0. The molecule has 0 spiro atoms. The van der Waals surface area contributed by atoms with Crippen molar-refractivity contribution < 1.29 is 4.79 Å². The maximum Gasteiger partial charge on any atom is 0.274 e. The minimum absolute atomic E-state index is 0.0173. The highest BCUT2D eigenvalue weighted by Gasteiger charge is 2.47. The van der Waals surface area contributed by atoms with Crippen molar-refractivity contribution in [1.29, 1.82) is 0 Å². The van der Waals surface area contributed by atoms with Crippen molar-refractivity contribution in [3.05, 3.63) is 59.9 Å². The summed E-state index contributed by atoms with van der Waals surface area (Å²) in [6, 6.07) is 13.9. The Kier molecular flexibility index (Phi) is 3.35. The van der Waals surface area contributed by atoms with Gasteiger partial charge in [0.15, 0.2) is 5.69 Å². The smallest absolute Gasteiger partial charge is 0.274 e. The number of aromatic nitrogens is 2. The van der Waals surface area contributed by atoms with E-state index < -0.39 is 0 Å². The molecule has 0 radical (unpaired) electrons. The largest absolute Gasteiger partial charge is 0.330 e. The molecule has 2 aromatic rings. The highest BCUT2D eigenvalue weighted by molar-refractivity contribution is 5.92. The Labute approximate surface area is 129 Å². The number of rotatable bonds is 2. The van der Waals surface area contributed by atoms with Crippen molar-refractivity contribution in [2.75, 3.05) is 19.6 Å². The third-order valence-electron chi connectivity index (χ3n) is 4.76. The molecular weight excluding hydrogens is 276 g/mol. The summed E-state index contributed by atoms with van der Waals surface area (Å²) in [4.78, 5) is 14.8. The van der Waals surface area contributed by atoms with Crippen molar-refractivity contribution in [1.82, 2.24) is 20.4 Å². The van der Waals surface area contributed by atoms with Gasteiger partial charge in [0.05, 0.1) is 6.04 Å². The SMILES string of the molecule is O=C(c1cccnn1)N1C[C@@H]2CNC[C@@H]2[C@H]1c1ccccc1. The monoisotopic (exact) mass is 294 g/mol. The fraction of sp³-hybridized carbons (Fsp3) is 0.353. The Balaban J connectivity index is 1.70. The molecule has 3 heterocycles. The number of nitrogens with one attached hydrogen (secondary N) is 1. The number of nitrogens with zero attached hydrogens (tertiary/aromatic N) is 3. The average Bonchev–Trinajstić information content (AvgIpc) is 3.16. The second-order valence-electron chi connectivity index (χ2n) is 6.00. The number of amides is 1. The Bertz CT molecular complexity index is 661. The van der Waals surface area contributed by atoms with Gasteiger partial charge in [0.1, 0.15) is 0 Å². The van der Waals surface area contributed by atoms with E-state index in [0.29, 0.717) is 17.5 Å². The lowest BCUT2D eigenvalue weighted by Gasteiger charge is -2.28. The molecule has 1 aromatic heterocycles. The van der Waals surface area contributed by atoms with Crippen molar-refractivity contribution in [3.63, 3.8) is 0 Å². The minimum Gasteiger partial charge on any atom is -0.330 e. The molecule has 2 aliphatic heterocycles. The Morgan fingerprint density at radius 1 is 1.14 bits per heavy atom. The first-order valence-electron chi connectivity index (χ1n) is 7.69. The van der Waals surface area contributed by atoms with Crippen molar-refractivity contribution >= 4 is 5.91 Å². The molecule has 0 bridgehead atoms. The van der Waals surface area contributed by atoms with Gasteiger partial charge in [-0.1, -0.05) is 30.3 Å². The van der Waals surface area contributed by atoms with Crippen LogP contribution in [0.2, 0.25) is 0 Å². The van der Waals surface area contributed by atoms with E-state index in [1.54, 1.807) is 18.3 Å². The number of carbonyl (C=O) groups excluding carboxylic acids is 1. The highest BCUT2D eigenvalue weighted by atomic mass is 16.2. The lowest BCUT2D eigenvalue weighted by molar-refractivity contribution is 0.0707. The van der Waals surface area contributed by atoms with Gasteiger partial charge in [-0.15, -0.1) is 5.10 Å². The average molecular weight is 294 g/mol. The zero-order chi connectivity index (χ0) is 14.9. The highest BCUT2D eigenvalue weighted by Crippen LogP contribution is 2.42. The van der Waals surface area contributed by atoms with Crippen LogP contribution in [0.25, 0.3) is 0 Å². The number of hydrogen-bond donors (Lipinski definition) is 1. The van der Waals surface area contributed by atoms with E-state index >= 15 is 0 Å². The molecule has 2 saturated heterocycles. The van der Waals surface area contributed by atoms with Gasteiger partial charge in [-0.3, -0.25) is 4.79 Å². The van der Waals surface area contributed by atoms with Crippen LogP contribution in [0.3, 0.4) is 0 Å². The zero-order valence-corrected chi connectivity index (χ0v) is 12.2. The van der Waals surface area contributed by atoms with Crippen LogP contribution in [-0.2, 0) is 0 Å². The molecule has 3 atom stereocenters. The van der Waals surface area contributed by atoms with Crippen LogP contribution in [0.4, 0.5) is 0 Å². The lowest BCUT2D eigenvalue weighted by Crippen LogP contribution is -2.35. The van der Waals surface area contributed by atoms with Crippen LogP contribution < -0.4 is 5.32 Å². The zero-order valence-electron chi connectivity index (χ0n) is 12.2. The van der Waals surface area contributed by atoms with Crippen LogP contribution in [-0.4, -0.2) is 40.6 Å². The summed E-state index contributed by atoms with van der Waals surface area (Å²) >= 11 is 0. The fourth-order valence-corrected chi connectivity index (χ4v) is 3.77. The summed E-state index contributed by atoms with van der Waals surface area (Å²) in [5.74, 6) is 0.977. The van der Waals surface area contributed by atoms with Gasteiger partial charge < -0.3 is 10.2 Å². The summed E-state index contributed by atoms with van der Waals surface area (Å²) in [5, 5.41) is 11.3. The van der Waals surface area contributed by atoms with Gasteiger partial charge >= 0.3 is 0 Å². The van der Waals surface area contributed by atoms with Crippen molar-refractivity contribution in [2.24, 2.45) is 11.8 Å². The van der Waals surface area contributed by atoms with Crippen LogP contribution in [0.5, 0.6) is 0 Å². The Hall–Kier alpha value is -2.27. The van der Waals surface area contributed by atoms with Crippen LogP contribution in [0.1, 0.15) is 22.1 Å². The number of hydrogen-bond acceptors (Lipinski definition) is 4. The van der Waals surface area contributed by atoms with Gasteiger partial charge in [-0.25, -0.2) is 0 Å². The molecule has 5 heteroatoms. The molecule has 2 fully saturated rings. The lowest BCUT2D eigenvalue weighted by atomic mass is 9.89.